The summed E-state index contributed by atoms with van der Waals surface area (Å²) in [4.78, 5) is 25.6. The molecular formula is C23H34N4O3. The van der Waals surface area contributed by atoms with Crippen LogP contribution in [0.15, 0.2) is 24.3 Å². The summed E-state index contributed by atoms with van der Waals surface area (Å²) in [7, 11) is 0. The average molecular weight is 415 g/mol. The zero-order valence-electron chi connectivity index (χ0n) is 18.1. The Labute approximate surface area is 178 Å². The van der Waals surface area contributed by atoms with Crippen molar-refractivity contribution in [2.75, 3.05) is 13.1 Å². The predicted molar refractivity (Wildman–Crippen MR) is 117 cm³/mol. The molecule has 3 N–H and O–H groups in total. The van der Waals surface area contributed by atoms with E-state index in [0.717, 1.165) is 45.2 Å². The Morgan fingerprint density at radius 1 is 1.13 bits per heavy atom. The standard InChI is InChI=1S/C23H34N4O3/c1-17(2)15-27-20-10-7-6-9-18(20)19-16-26(14-12-21(19)27)23(29)24-13-8-4-3-5-11-22(28)25-30/h6-7,9-10,17,30H,3-5,8,11-16H2,1-2H3,(H,24,29)(H,25,28). The number of benzene rings is 1. The fourth-order valence-electron chi connectivity index (χ4n) is 4.28. The summed E-state index contributed by atoms with van der Waals surface area (Å²) < 4.78 is 2.45. The smallest absolute Gasteiger partial charge is 0.317 e. The molecule has 3 amide bonds. The van der Waals surface area contributed by atoms with Gasteiger partial charge in [-0.05, 0) is 24.8 Å². The molecule has 0 unspecified atom stereocenters. The van der Waals surface area contributed by atoms with Crippen molar-refractivity contribution in [3.63, 3.8) is 0 Å². The van der Waals surface area contributed by atoms with Gasteiger partial charge >= 0.3 is 6.03 Å². The van der Waals surface area contributed by atoms with Crippen LogP contribution in [0.25, 0.3) is 10.9 Å². The highest BCUT2D eigenvalue weighted by Crippen LogP contribution is 2.31. The molecule has 30 heavy (non-hydrogen) atoms. The van der Waals surface area contributed by atoms with Gasteiger partial charge in [-0.15, -0.1) is 0 Å². The molecular weight excluding hydrogens is 380 g/mol. The lowest BCUT2D eigenvalue weighted by atomic mass is 10.0. The Bertz CT molecular complexity index is 875. The van der Waals surface area contributed by atoms with Gasteiger partial charge in [-0.1, -0.05) is 44.9 Å². The third-order valence-corrected chi connectivity index (χ3v) is 5.73. The average Bonchev–Trinajstić information content (AvgIpc) is 3.05. The number of unbranched alkanes of at least 4 members (excludes halogenated alkanes) is 3. The van der Waals surface area contributed by atoms with Crippen LogP contribution in [-0.2, 0) is 24.3 Å². The number of para-hydroxylation sites is 1. The molecule has 0 radical (unpaired) electrons. The van der Waals surface area contributed by atoms with Crippen LogP contribution in [0.2, 0.25) is 0 Å². The van der Waals surface area contributed by atoms with Gasteiger partial charge in [0.05, 0.1) is 0 Å². The summed E-state index contributed by atoms with van der Waals surface area (Å²) in [6, 6.07) is 8.52. The van der Waals surface area contributed by atoms with E-state index in [4.69, 9.17) is 5.21 Å². The number of hydrogen-bond donors (Lipinski definition) is 3. The number of fused-ring (bicyclic) bond motifs is 3. The highest BCUT2D eigenvalue weighted by Gasteiger charge is 2.26. The number of rotatable bonds is 9. The van der Waals surface area contributed by atoms with E-state index in [-0.39, 0.29) is 11.9 Å². The normalized spacial score (nSPS) is 13.5. The van der Waals surface area contributed by atoms with Crippen molar-refractivity contribution >= 4 is 22.8 Å². The lowest BCUT2D eigenvalue weighted by Gasteiger charge is -2.28. The Kier molecular flexibility index (Phi) is 7.74. The highest BCUT2D eigenvalue weighted by atomic mass is 16.5. The zero-order valence-corrected chi connectivity index (χ0v) is 18.1. The first-order chi connectivity index (χ1) is 14.5. The van der Waals surface area contributed by atoms with Crippen molar-refractivity contribution in [2.45, 2.75) is 65.5 Å². The minimum absolute atomic E-state index is 0.000925. The monoisotopic (exact) mass is 414 g/mol. The van der Waals surface area contributed by atoms with Crippen LogP contribution in [-0.4, -0.2) is 39.7 Å². The third kappa shape index (κ3) is 5.33. The van der Waals surface area contributed by atoms with E-state index in [1.54, 1.807) is 5.48 Å². The molecule has 0 saturated carbocycles. The molecule has 2 heterocycles. The number of nitrogens with zero attached hydrogens (tertiary/aromatic N) is 2. The number of urea groups is 1. The molecule has 3 rings (SSSR count). The Balaban J connectivity index is 1.52. The number of nitrogens with one attached hydrogen (secondary N) is 2. The summed E-state index contributed by atoms with van der Waals surface area (Å²) in [5, 5.41) is 12.8. The fourth-order valence-corrected chi connectivity index (χ4v) is 4.28. The van der Waals surface area contributed by atoms with Crippen molar-refractivity contribution in [1.82, 2.24) is 20.3 Å². The highest BCUT2D eigenvalue weighted by molar-refractivity contribution is 5.86. The maximum absolute atomic E-state index is 12.7. The summed E-state index contributed by atoms with van der Waals surface area (Å²) in [6.45, 7) is 7.52. The van der Waals surface area contributed by atoms with Gasteiger partial charge in [0.15, 0.2) is 0 Å². The van der Waals surface area contributed by atoms with E-state index < -0.39 is 0 Å². The van der Waals surface area contributed by atoms with E-state index in [9.17, 15) is 9.59 Å². The van der Waals surface area contributed by atoms with Gasteiger partial charge in [0, 0.05) is 61.2 Å². The number of hydrogen-bond acceptors (Lipinski definition) is 3. The Morgan fingerprint density at radius 2 is 1.90 bits per heavy atom. The van der Waals surface area contributed by atoms with Crippen LogP contribution in [0.1, 0.15) is 57.2 Å². The number of aromatic nitrogens is 1. The van der Waals surface area contributed by atoms with Gasteiger partial charge in [-0.25, -0.2) is 10.3 Å². The molecule has 1 aromatic carbocycles. The van der Waals surface area contributed by atoms with Gasteiger partial charge in [0.25, 0.3) is 0 Å². The molecule has 2 aromatic rings. The van der Waals surface area contributed by atoms with Crippen LogP contribution in [0.3, 0.4) is 0 Å². The SMILES string of the molecule is CC(C)Cn1c2c(c3ccccc31)CN(C(=O)NCCCCCCC(=O)NO)CC2. The van der Waals surface area contributed by atoms with E-state index in [1.807, 2.05) is 4.90 Å². The number of carbonyl (C=O) groups is 2. The molecule has 0 bridgehead atoms. The molecule has 0 spiro atoms. The molecule has 0 atom stereocenters. The third-order valence-electron chi connectivity index (χ3n) is 5.73. The van der Waals surface area contributed by atoms with Crippen molar-refractivity contribution in [1.29, 1.82) is 0 Å². The second-order valence-corrected chi connectivity index (χ2v) is 8.55. The minimum Gasteiger partial charge on any atom is -0.344 e. The second kappa shape index (κ2) is 10.5. The van der Waals surface area contributed by atoms with E-state index in [1.165, 1.54) is 22.2 Å². The Morgan fingerprint density at radius 3 is 2.67 bits per heavy atom. The van der Waals surface area contributed by atoms with Crippen LogP contribution in [0.5, 0.6) is 0 Å². The molecule has 0 aliphatic carbocycles. The first kappa shape index (κ1) is 22.2. The zero-order chi connectivity index (χ0) is 21.5. The minimum atomic E-state index is -0.345. The second-order valence-electron chi connectivity index (χ2n) is 8.55. The molecule has 0 saturated heterocycles. The first-order valence-electron chi connectivity index (χ1n) is 11.1. The maximum Gasteiger partial charge on any atom is 0.317 e. The summed E-state index contributed by atoms with van der Waals surface area (Å²) in [6.07, 6.45) is 4.72. The van der Waals surface area contributed by atoms with Crippen LogP contribution >= 0.6 is 0 Å². The number of carbonyl (C=O) groups excluding carboxylic acids is 2. The Hall–Kier alpha value is -2.54. The predicted octanol–water partition coefficient (Wildman–Crippen LogP) is 3.82. The van der Waals surface area contributed by atoms with Crippen LogP contribution in [0, 0.1) is 5.92 Å². The van der Waals surface area contributed by atoms with Gasteiger partial charge in [0.2, 0.25) is 5.91 Å². The van der Waals surface area contributed by atoms with Crippen molar-refractivity contribution in [3.05, 3.63) is 35.5 Å². The van der Waals surface area contributed by atoms with Gasteiger partial charge < -0.3 is 14.8 Å². The van der Waals surface area contributed by atoms with E-state index >= 15 is 0 Å². The summed E-state index contributed by atoms with van der Waals surface area (Å²) >= 11 is 0. The topological polar surface area (TPSA) is 86.6 Å². The van der Waals surface area contributed by atoms with Gasteiger partial charge in [-0.2, -0.15) is 0 Å². The maximum atomic E-state index is 12.7. The lowest BCUT2D eigenvalue weighted by molar-refractivity contribution is -0.129. The summed E-state index contributed by atoms with van der Waals surface area (Å²) in [5.74, 6) is 0.228. The van der Waals surface area contributed by atoms with E-state index in [0.29, 0.717) is 25.4 Å². The molecule has 0 fully saturated rings. The molecule has 7 heteroatoms. The molecule has 1 aromatic heterocycles. The van der Waals surface area contributed by atoms with Crippen molar-refractivity contribution in [2.24, 2.45) is 5.92 Å². The number of hydroxylamine groups is 1. The summed E-state index contributed by atoms with van der Waals surface area (Å²) in [5.41, 5.74) is 5.58. The van der Waals surface area contributed by atoms with E-state index in [2.05, 4.69) is 48.0 Å². The van der Waals surface area contributed by atoms with Gasteiger partial charge in [0.1, 0.15) is 0 Å². The fraction of sp³-hybridized carbons (Fsp3) is 0.565. The molecule has 1 aliphatic rings. The van der Waals surface area contributed by atoms with Crippen molar-refractivity contribution in [3.8, 4) is 0 Å². The quantitative estimate of drug-likeness (QED) is 0.331. The number of amides is 3. The van der Waals surface area contributed by atoms with Crippen molar-refractivity contribution < 1.29 is 14.8 Å². The van der Waals surface area contributed by atoms with Crippen LogP contribution in [0.4, 0.5) is 4.79 Å². The first-order valence-corrected chi connectivity index (χ1v) is 11.1. The lowest BCUT2D eigenvalue weighted by Crippen LogP contribution is -2.43. The largest absolute Gasteiger partial charge is 0.344 e. The molecule has 1 aliphatic heterocycles. The molecule has 7 nitrogen and oxygen atoms in total. The molecule has 164 valence electrons. The van der Waals surface area contributed by atoms with Gasteiger partial charge in [-0.3, -0.25) is 10.0 Å². The van der Waals surface area contributed by atoms with Crippen LogP contribution < -0.4 is 10.8 Å².